The van der Waals surface area contributed by atoms with Gasteiger partial charge < -0.3 is 10.4 Å². The number of hydrogen-bond acceptors (Lipinski definition) is 5. The monoisotopic (exact) mass is 273 g/mol. The van der Waals surface area contributed by atoms with E-state index in [2.05, 4.69) is 10.3 Å². The van der Waals surface area contributed by atoms with Crippen molar-refractivity contribution >= 4 is 23.0 Å². The van der Waals surface area contributed by atoms with Crippen LogP contribution in [0, 0.1) is 17.0 Å². The van der Waals surface area contributed by atoms with Crippen LogP contribution in [-0.4, -0.2) is 21.0 Å². The average Bonchev–Trinajstić information content (AvgIpc) is 2.41. The Balaban J connectivity index is 2.38. The second-order valence-corrected chi connectivity index (χ2v) is 4.11. The molecule has 2 rings (SSSR count). The number of nitrogens with one attached hydrogen (secondary N) is 1. The molecule has 7 nitrogen and oxygen atoms in total. The normalized spacial score (nSPS) is 10.1. The van der Waals surface area contributed by atoms with Gasteiger partial charge in [-0.3, -0.25) is 15.1 Å². The molecule has 1 heterocycles. The molecule has 0 spiro atoms. The van der Waals surface area contributed by atoms with Gasteiger partial charge in [0.05, 0.1) is 22.4 Å². The van der Waals surface area contributed by atoms with E-state index in [1.54, 1.807) is 18.3 Å². The first kappa shape index (κ1) is 13.5. The zero-order valence-electron chi connectivity index (χ0n) is 10.5. The van der Waals surface area contributed by atoms with Gasteiger partial charge in [-0.15, -0.1) is 0 Å². The lowest BCUT2D eigenvalue weighted by Gasteiger charge is -2.07. The summed E-state index contributed by atoms with van der Waals surface area (Å²) in [5.41, 5.74) is 1.19. The lowest BCUT2D eigenvalue weighted by molar-refractivity contribution is -0.383. The lowest BCUT2D eigenvalue weighted by atomic mass is 10.1. The summed E-state index contributed by atoms with van der Waals surface area (Å²) in [5, 5.41) is 22.7. The zero-order chi connectivity index (χ0) is 14.7. The van der Waals surface area contributed by atoms with E-state index in [9.17, 15) is 14.9 Å². The SMILES string of the molecule is Cc1ccc(Nc2ccc(C(=O)O)cc2[N+](=O)[O-])cn1. The van der Waals surface area contributed by atoms with E-state index < -0.39 is 10.9 Å². The van der Waals surface area contributed by atoms with Gasteiger partial charge in [-0.05, 0) is 31.2 Å². The van der Waals surface area contributed by atoms with Gasteiger partial charge in [-0.1, -0.05) is 0 Å². The van der Waals surface area contributed by atoms with E-state index >= 15 is 0 Å². The highest BCUT2D eigenvalue weighted by Crippen LogP contribution is 2.28. The molecule has 0 unspecified atom stereocenters. The number of benzene rings is 1. The first-order chi connectivity index (χ1) is 9.47. The number of nitrogens with zero attached hydrogens (tertiary/aromatic N) is 2. The molecule has 7 heteroatoms. The van der Waals surface area contributed by atoms with Crippen LogP contribution in [0.2, 0.25) is 0 Å². The standard InChI is InChI=1S/C13H11N3O4/c1-8-2-4-10(7-14-8)15-11-5-3-9(13(17)18)6-12(11)16(19)20/h2-7,15H,1H3,(H,17,18). The number of nitro benzene ring substituents is 1. The van der Waals surface area contributed by atoms with Crippen molar-refractivity contribution in [2.45, 2.75) is 6.92 Å². The highest BCUT2D eigenvalue weighted by molar-refractivity contribution is 5.90. The van der Waals surface area contributed by atoms with Crippen molar-refractivity contribution in [2.75, 3.05) is 5.32 Å². The minimum atomic E-state index is -1.21. The molecule has 1 aromatic heterocycles. The molecule has 0 radical (unpaired) electrons. The molecule has 0 fully saturated rings. The third kappa shape index (κ3) is 2.89. The number of nitro groups is 1. The van der Waals surface area contributed by atoms with Gasteiger partial charge in [0.15, 0.2) is 0 Å². The van der Waals surface area contributed by atoms with Crippen LogP contribution in [-0.2, 0) is 0 Å². The molecule has 0 saturated heterocycles. The molecule has 0 atom stereocenters. The maximum Gasteiger partial charge on any atom is 0.335 e. The Kier molecular flexibility index (Phi) is 3.60. The van der Waals surface area contributed by atoms with Crippen LogP contribution in [0.3, 0.4) is 0 Å². The van der Waals surface area contributed by atoms with Gasteiger partial charge >= 0.3 is 5.97 Å². The molecular formula is C13H11N3O4. The summed E-state index contributed by atoms with van der Waals surface area (Å²) in [6, 6.07) is 7.18. The number of rotatable bonds is 4. The Bertz CT molecular complexity index is 668. The molecule has 1 aromatic carbocycles. The number of aromatic carboxylic acids is 1. The molecule has 0 amide bonds. The molecule has 0 aliphatic carbocycles. The van der Waals surface area contributed by atoms with Gasteiger partial charge in [0.25, 0.3) is 5.69 Å². The zero-order valence-corrected chi connectivity index (χ0v) is 10.5. The first-order valence-electron chi connectivity index (χ1n) is 5.69. The number of anilines is 2. The van der Waals surface area contributed by atoms with Crippen LogP contribution >= 0.6 is 0 Å². The number of pyridine rings is 1. The van der Waals surface area contributed by atoms with Gasteiger partial charge in [-0.25, -0.2) is 4.79 Å². The summed E-state index contributed by atoms with van der Waals surface area (Å²) in [6.45, 7) is 1.83. The second kappa shape index (κ2) is 5.35. The van der Waals surface area contributed by atoms with Crippen molar-refractivity contribution in [3.63, 3.8) is 0 Å². The summed E-state index contributed by atoms with van der Waals surface area (Å²) in [4.78, 5) is 25.3. The molecule has 102 valence electrons. The van der Waals surface area contributed by atoms with Crippen LogP contribution in [0.5, 0.6) is 0 Å². The van der Waals surface area contributed by atoms with Gasteiger partial charge in [-0.2, -0.15) is 0 Å². The fourth-order valence-corrected chi connectivity index (χ4v) is 1.62. The van der Waals surface area contributed by atoms with Crippen LogP contribution in [0.1, 0.15) is 16.1 Å². The number of aromatic nitrogens is 1. The summed E-state index contributed by atoms with van der Waals surface area (Å²) in [7, 11) is 0. The molecule has 0 aliphatic heterocycles. The second-order valence-electron chi connectivity index (χ2n) is 4.11. The molecule has 0 saturated carbocycles. The third-order valence-corrected chi connectivity index (χ3v) is 2.63. The molecule has 20 heavy (non-hydrogen) atoms. The van der Waals surface area contributed by atoms with Crippen LogP contribution in [0.25, 0.3) is 0 Å². The Hall–Kier alpha value is -2.96. The van der Waals surface area contributed by atoms with E-state index in [1.165, 1.54) is 12.1 Å². The highest BCUT2D eigenvalue weighted by Gasteiger charge is 2.17. The van der Waals surface area contributed by atoms with Crippen molar-refractivity contribution in [1.29, 1.82) is 0 Å². The lowest BCUT2D eigenvalue weighted by Crippen LogP contribution is -2.02. The fraction of sp³-hybridized carbons (Fsp3) is 0.0769. The minimum Gasteiger partial charge on any atom is -0.478 e. The van der Waals surface area contributed by atoms with Crippen LogP contribution < -0.4 is 5.32 Å². The Morgan fingerprint density at radius 1 is 1.35 bits per heavy atom. The van der Waals surface area contributed by atoms with Crippen molar-refractivity contribution in [2.24, 2.45) is 0 Å². The van der Waals surface area contributed by atoms with Crippen molar-refractivity contribution < 1.29 is 14.8 Å². The number of carboxylic acids is 1. The fourth-order valence-electron chi connectivity index (χ4n) is 1.62. The van der Waals surface area contributed by atoms with E-state index in [4.69, 9.17) is 5.11 Å². The van der Waals surface area contributed by atoms with Crippen molar-refractivity contribution in [3.8, 4) is 0 Å². The summed E-state index contributed by atoms with van der Waals surface area (Å²) < 4.78 is 0. The Morgan fingerprint density at radius 2 is 2.10 bits per heavy atom. The quantitative estimate of drug-likeness (QED) is 0.655. The van der Waals surface area contributed by atoms with E-state index in [1.807, 2.05) is 6.92 Å². The number of carboxylic acid groups (broad SMARTS) is 1. The number of carbonyl (C=O) groups is 1. The average molecular weight is 273 g/mol. The Morgan fingerprint density at radius 3 is 2.65 bits per heavy atom. The van der Waals surface area contributed by atoms with Crippen LogP contribution in [0.4, 0.5) is 17.1 Å². The van der Waals surface area contributed by atoms with Gasteiger partial charge in [0.1, 0.15) is 5.69 Å². The van der Waals surface area contributed by atoms with E-state index in [-0.39, 0.29) is 16.9 Å². The summed E-state index contributed by atoms with van der Waals surface area (Å²) in [5.74, 6) is -1.21. The molecule has 0 aliphatic rings. The van der Waals surface area contributed by atoms with Crippen molar-refractivity contribution in [1.82, 2.24) is 4.98 Å². The number of aryl methyl sites for hydroxylation is 1. The molecular weight excluding hydrogens is 262 g/mol. The van der Waals surface area contributed by atoms with E-state index in [0.29, 0.717) is 5.69 Å². The summed E-state index contributed by atoms with van der Waals surface area (Å²) >= 11 is 0. The predicted molar refractivity (Wildman–Crippen MR) is 72.3 cm³/mol. The summed E-state index contributed by atoms with van der Waals surface area (Å²) in [6.07, 6.45) is 1.55. The Labute approximate surface area is 114 Å². The maximum atomic E-state index is 11.0. The number of hydrogen-bond donors (Lipinski definition) is 2. The minimum absolute atomic E-state index is 0.135. The first-order valence-corrected chi connectivity index (χ1v) is 5.69. The van der Waals surface area contributed by atoms with E-state index in [0.717, 1.165) is 11.8 Å². The van der Waals surface area contributed by atoms with Crippen LogP contribution in [0.15, 0.2) is 36.5 Å². The highest BCUT2D eigenvalue weighted by atomic mass is 16.6. The maximum absolute atomic E-state index is 11.0. The smallest absolute Gasteiger partial charge is 0.335 e. The predicted octanol–water partition coefficient (Wildman–Crippen LogP) is 2.74. The van der Waals surface area contributed by atoms with Gasteiger partial charge in [0.2, 0.25) is 0 Å². The third-order valence-electron chi connectivity index (χ3n) is 2.63. The molecule has 0 bridgehead atoms. The van der Waals surface area contributed by atoms with Crippen molar-refractivity contribution in [3.05, 3.63) is 57.9 Å². The largest absolute Gasteiger partial charge is 0.478 e. The molecule has 2 N–H and O–H groups in total. The topological polar surface area (TPSA) is 105 Å². The molecule has 2 aromatic rings. The van der Waals surface area contributed by atoms with Gasteiger partial charge in [0, 0.05) is 11.8 Å².